The van der Waals surface area contributed by atoms with E-state index >= 15 is 0 Å². The summed E-state index contributed by atoms with van der Waals surface area (Å²) in [5.74, 6) is 1.90. The van der Waals surface area contributed by atoms with E-state index < -0.39 is 0 Å². The van der Waals surface area contributed by atoms with Crippen LogP contribution in [0.25, 0.3) is 0 Å². The molecule has 0 saturated carbocycles. The fraction of sp³-hybridized carbons (Fsp3) is 0.474. The fourth-order valence-corrected chi connectivity index (χ4v) is 3.86. The minimum atomic E-state index is 0. The van der Waals surface area contributed by atoms with E-state index in [2.05, 4.69) is 42.6 Å². The molecule has 8 heteroatoms. The van der Waals surface area contributed by atoms with Crippen LogP contribution in [0.4, 0.5) is 5.69 Å². The van der Waals surface area contributed by atoms with E-state index in [-0.39, 0.29) is 24.0 Å². The first-order chi connectivity index (χ1) is 12.7. The van der Waals surface area contributed by atoms with Crippen LogP contribution in [0, 0.1) is 6.92 Å². The maximum atomic E-state index is 5.49. The molecule has 0 aliphatic carbocycles. The van der Waals surface area contributed by atoms with Crippen LogP contribution in [0.1, 0.15) is 10.7 Å². The van der Waals surface area contributed by atoms with Crippen molar-refractivity contribution in [3.63, 3.8) is 0 Å². The van der Waals surface area contributed by atoms with Crippen molar-refractivity contribution in [2.45, 2.75) is 13.3 Å². The highest BCUT2D eigenvalue weighted by molar-refractivity contribution is 14.0. The van der Waals surface area contributed by atoms with Crippen LogP contribution in [-0.4, -0.2) is 62.7 Å². The molecule has 3 rings (SSSR count). The molecule has 0 atom stereocenters. The Hall–Kier alpha value is -1.55. The molecule has 27 heavy (non-hydrogen) atoms. The zero-order chi connectivity index (χ0) is 18.4. The van der Waals surface area contributed by atoms with E-state index in [9.17, 15) is 0 Å². The van der Waals surface area contributed by atoms with Crippen molar-refractivity contribution in [2.24, 2.45) is 4.99 Å². The van der Waals surface area contributed by atoms with Crippen LogP contribution >= 0.6 is 35.3 Å². The van der Waals surface area contributed by atoms with Gasteiger partial charge in [-0.25, -0.2) is 4.98 Å². The van der Waals surface area contributed by atoms with Gasteiger partial charge >= 0.3 is 0 Å². The SMILES string of the molecule is CN=C(NCCc1csc(C)n1)N1CCN(c2ccccc2OC)CC1.I. The molecule has 6 nitrogen and oxygen atoms in total. The number of guanidine groups is 1. The number of aryl methyl sites for hydroxylation is 1. The predicted molar refractivity (Wildman–Crippen MR) is 124 cm³/mol. The molecule has 0 spiro atoms. The van der Waals surface area contributed by atoms with Gasteiger partial charge in [-0.2, -0.15) is 0 Å². The number of aromatic nitrogens is 1. The highest BCUT2D eigenvalue weighted by Gasteiger charge is 2.21. The Labute approximate surface area is 182 Å². The minimum Gasteiger partial charge on any atom is -0.495 e. The predicted octanol–water partition coefficient (Wildman–Crippen LogP) is 3.02. The number of benzene rings is 1. The summed E-state index contributed by atoms with van der Waals surface area (Å²) in [7, 11) is 3.58. The summed E-state index contributed by atoms with van der Waals surface area (Å²) in [4.78, 5) is 13.7. The van der Waals surface area contributed by atoms with E-state index in [4.69, 9.17) is 4.74 Å². The van der Waals surface area contributed by atoms with Crippen molar-refractivity contribution >= 4 is 47.0 Å². The monoisotopic (exact) mass is 501 g/mol. The zero-order valence-electron chi connectivity index (χ0n) is 16.1. The Kier molecular flexibility index (Phi) is 8.62. The highest BCUT2D eigenvalue weighted by atomic mass is 127. The van der Waals surface area contributed by atoms with Gasteiger partial charge in [0.2, 0.25) is 0 Å². The fourth-order valence-electron chi connectivity index (χ4n) is 3.21. The third-order valence-electron chi connectivity index (χ3n) is 4.55. The average molecular weight is 501 g/mol. The Morgan fingerprint density at radius 1 is 1.26 bits per heavy atom. The molecule has 0 amide bonds. The lowest BCUT2D eigenvalue weighted by Crippen LogP contribution is -2.52. The zero-order valence-corrected chi connectivity index (χ0v) is 19.3. The third-order valence-corrected chi connectivity index (χ3v) is 5.37. The molecule has 2 aromatic rings. The molecule has 1 aliphatic rings. The molecule has 0 bridgehead atoms. The number of hydrogen-bond acceptors (Lipinski definition) is 5. The maximum absolute atomic E-state index is 5.49. The number of ether oxygens (including phenoxy) is 1. The van der Waals surface area contributed by atoms with Gasteiger partial charge in [-0.1, -0.05) is 12.1 Å². The van der Waals surface area contributed by atoms with Crippen molar-refractivity contribution in [2.75, 3.05) is 51.8 Å². The van der Waals surface area contributed by atoms with Crippen LogP contribution < -0.4 is 15.0 Å². The van der Waals surface area contributed by atoms with Crippen molar-refractivity contribution in [1.82, 2.24) is 15.2 Å². The number of halogens is 1. The number of thiazole rings is 1. The molecule has 0 unspecified atom stereocenters. The smallest absolute Gasteiger partial charge is 0.193 e. The van der Waals surface area contributed by atoms with Gasteiger partial charge in [0.25, 0.3) is 0 Å². The van der Waals surface area contributed by atoms with Gasteiger partial charge < -0.3 is 19.9 Å². The number of para-hydroxylation sites is 2. The molecule has 1 fully saturated rings. The number of methoxy groups -OCH3 is 1. The minimum absolute atomic E-state index is 0. The van der Waals surface area contributed by atoms with E-state index in [1.807, 2.05) is 26.1 Å². The van der Waals surface area contributed by atoms with Gasteiger partial charge in [0.1, 0.15) is 5.75 Å². The quantitative estimate of drug-likeness (QED) is 0.388. The van der Waals surface area contributed by atoms with Crippen molar-refractivity contribution < 1.29 is 4.74 Å². The summed E-state index contributed by atoms with van der Waals surface area (Å²) in [6, 6.07) is 8.21. The number of hydrogen-bond donors (Lipinski definition) is 1. The van der Waals surface area contributed by atoms with Gasteiger partial charge in [0, 0.05) is 51.6 Å². The number of piperazine rings is 1. The summed E-state index contributed by atoms with van der Waals surface area (Å²) in [5.41, 5.74) is 2.31. The van der Waals surface area contributed by atoms with Crippen molar-refractivity contribution in [3.05, 3.63) is 40.3 Å². The second-order valence-corrected chi connectivity index (χ2v) is 7.29. The number of nitrogens with one attached hydrogen (secondary N) is 1. The van der Waals surface area contributed by atoms with E-state index in [0.717, 1.165) is 67.2 Å². The summed E-state index contributed by atoms with van der Waals surface area (Å²) in [6.07, 6.45) is 0.921. The van der Waals surface area contributed by atoms with Crippen LogP contribution in [0.2, 0.25) is 0 Å². The molecule has 2 heterocycles. The molecule has 1 aromatic heterocycles. The topological polar surface area (TPSA) is 53.0 Å². The lowest BCUT2D eigenvalue weighted by molar-refractivity contribution is 0.367. The highest BCUT2D eigenvalue weighted by Crippen LogP contribution is 2.28. The van der Waals surface area contributed by atoms with E-state index in [1.165, 1.54) is 0 Å². The molecule has 1 aromatic carbocycles. The first-order valence-corrected chi connectivity index (χ1v) is 9.84. The van der Waals surface area contributed by atoms with Crippen LogP contribution in [0.3, 0.4) is 0 Å². The number of rotatable bonds is 5. The molecule has 1 saturated heterocycles. The van der Waals surface area contributed by atoms with E-state index in [0.29, 0.717) is 0 Å². The van der Waals surface area contributed by atoms with Crippen molar-refractivity contribution in [3.8, 4) is 5.75 Å². The third kappa shape index (κ3) is 5.71. The van der Waals surface area contributed by atoms with Crippen LogP contribution in [-0.2, 0) is 6.42 Å². The second-order valence-electron chi connectivity index (χ2n) is 6.23. The normalized spacial score (nSPS) is 14.7. The molecule has 1 N–H and O–H groups in total. The Balaban J connectivity index is 0.00000261. The molecule has 1 aliphatic heterocycles. The molecule has 0 radical (unpaired) electrons. The maximum Gasteiger partial charge on any atom is 0.193 e. The van der Waals surface area contributed by atoms with Crippen molar-refractivity contribution in [1.29, 1.82) is 0 Å². The van der Waals surface area contributed by atoms with Gasteiger partial charge in [-0.15, -0.1) is 35.3 Å². The Morgan fingerprint density at radius 2 is 2.00 bits per heavy atom. The number of aliphatic imine (C=N–C) groups is 1. The second kappa shape index (κ2) is 10.7. The summed E-state index contributed by atoms with van der Waals surface area (Å²) >= 11 is 1.70. The number of anilines is 1. The van der Waals surface area contributed by atoms with Gasteiger partial charge in [0.05, 0.1) is 23.5 Å². The van der Waals surface area contributed by atoms with Crippen LogP contribution in [0.15, 0.2) is 34.6 Å². The Morgan fingerprint density at radius 3 is 2.63 bits per heavy atom. The first kappa shape index (κ1) is 21.7. The largest absolute Gasteiger partial charge is 0.495 e. The van der Waals surface area contributed by atoms with Gasteiger partial charge in [0.15, 0.2) is 5.96 Å². The number of nitrogens with zero attached hydrogens (tertiary/aromatic N) is 4. The van der Waals surface area contributed by atoms with Gasteiger partial charge in [-0.05, 0) is 19.1 Å². The van der Waals surface area contributed by atoms with E-state index in [1.54, 1.807) is 18.4 Å². The van der Waals surface area contributed by atoms with Crippen LogP contribution in [0.5, 0.6) is 5.75 Å². The molecular weight excluding hydrogens is 473 g/mol. The molecule has 148 valence electrons. The Bertz CT molecular complexity index is 743. The summed E-state index contributed by atoms with van der Waals surface area (Å²) < 4.78 is 5.49. The lowest BCUT2D eigenvalue weighted by atomic mass is 10.2. The standard InChI is InChI=1S/C19H27N5OS.HI/c1-15-22-16(14-26-15)8-9-21-19(20-2)24-12-10-23(11-13-24)17-6-4-5-7-18(17)25-3;/h4-7,14H,8-13H2,1-3H3,(H,20,21);1H. The average Bonchev–Trinajstić information content (AvgIpc) is 3.10. The first-order valence-electron chi connectivity index (χ1n) is 8.96. The van der Waals surface area contributed by atoms with Gasteiger partial charge in [-0.3, -0.25) is 4.99 Å². The lowest BCUT2D eigenvalue weighted by Gasteiger charge is -2.38. The summed E-state index contributed by atoms with van der Waals surface area (Å²) in [5, 5.41) is 6.72. The summed E-state index contributed by atoms with van der Waals surface area (Å²) in [6.45, 7) is 6.67. The molecular formula is C19H28IN5OS.